The Morgan fingerprint density at radius 1 is 0.938 bits per heavy atom. The SMILES string of the molecule is CCCOCCN(CCOCCC)c1ccc(N=Nc2sc(C#N)c(C)c2C#N)c(C)c1. The molecule has 2 aromatic rings. The maximum Gasteiger partial charge on any atom is 0.158 e. The van der Waals surface area contributed by atoms with Crippen molar-refractivity contribution in [1.82, 2.24) is 0 Å². The maximum atomic E-state index is 9.39. The van der Waals surface area contributed by atoms with Crippen molar-refractivity contribution in [2.24, 2.45) is 10.2 Å². The molecule has 1 heterocycles. The van der Waals surface area contributed by atoms with Crippen molar-refractivity contribution in [2.45, 2.75) is 40.5 Å². The van der Waals surface area contributed by atoms with E-state index in [0.717, 1.165) is 56.1 Å². The predicted octanol–water partition coefficient (Wildman–Crippen LogP) is 6.18. The van der Waals surface area contributed by atoms with E-state index in [1.54, 1.807) is 6.92 Å². The first-order chi connectivity index (χ1) is 15.5. The summed E-state index contributed by atoms with van der Waals surface area (Å²) in [5.41, 5.74) is 3.86. The topological polar surface area (TPSA) is 94.0 Å². The number of nitriles is 2. The van der Waals surface area contributed by atoms with Crippen LogP contribution in [-0.2, 0) is 9.47 Å². The van der Waals surface area contributed by atoms with Crippen molar-refractivity contribution in [3.63, 3.8) is 0 Å². The first-order valence-electron chi connectivity index (χ1n) is 10.9. The highest BCUT2D eigenvalue weighted by molar-refractivity contribution is 7.16. The number of hydrogen-bond donors (Lipinski definition) is 0. The van der Waals surface area contributed by atoms with Gasteiger partial charge in [-0.15, -0.1) is 21.6 Å². The summed E-state index contributed by atoms with van der Waals surface area (Å²) in [6.07, 6.45) is 2.01. The first-order valence-corrected chi connectivity index (χ1v) is 11.7. The van der Waals surface area contributed by atoms with Gasteiger partial charge < -0.3 is 14.4 Å². The van der Waals surface area contributed by atoms with Crippen LogP contribution in [0.25, 0.3) is 0 Å². The van der Waals surface area contributed by atoms with E-state index in [9.17, 15) is 10.5 Å². The molecule has 0 saturated carbocycles. The molecule has 2 rings (SSSR count). The second-order valence-electron chi connectivity index (χ2n) is 7.34. The number of thiophene rings is 1. The molecule has 0 aliphatic heterocycles. The zero-order valence-corrected chi connectivity index (χ0v) is 20.2. The molecule has 8 heteroatoms. The monoisotopic (exact) mass is 453 g/mol. The van der Waals surface area contributed by atoms with Gasteiger partial charge in [0.2, 0.25) is 0 Å². The molecule has 0 unspecified atom stereocenters. The fourth-order valence-corrected chi connectivity index (χ4v) is 3.94. The molecule has 0 fully saturated rings. The Morgan fingerprint density at radius 3 is 2.12 bits per heavy atom. The van der Waals surface area contributed by atoms with Crippen LogP contribution in [0.1, 0.15) is 48.3 Å². The Labute approximate surface area is 194 Å². The molecule has 0 saturated heterocycles. The van der Waals surface area contributed by atoms with Gasteiger partial charge in [-0.1, -0.05) is 13.8 Å². The van der Waals surface area contributed by atoms with Crippen LogP contribution < -0.4 is 4.90 Å². The molecule has 1 aromatic heterocycles. The van der Waals surface area contributed by atoms with E-state index in [-0.39, 0.29) is 0 Å². The highest BCUT2D eigenvalue weighted by atomic mass is 32.1. The molecule has 0 spiro atoms. The quantitative estimate of drug-likeness (QED) is 0.266. The molecule has 0 bridgehead atoms. The maximum absolute atomic E-state index is 9.39. The molecule has 1 aromatic carbocycles. The van der Waals surface area contributed by atoms with Crippen LogP contribution in [0, 0.1) is 36.5 Å². The number of anilines is 1. The van der Waals surface area contributed by atoms with Gasteiger partial charge >= 0.3 is 0 Å². The summed E-state index contributed by atoms with van der Waals surface area (Å²) in [4.78, 5) is 2.75. The lowest BCUT2D eigenvalue weighted by Crippen LogP contribution is -2.31. The smallest absolute Gasteiger partial charge is 0.158 e. The number of benzene rings is 1. The third kappa shape index (κ3) is 7.13. The van der Waals surface area contributed by atoms with E-state index < -0.39 is 0 Å². The summed E-state index contributed by atoms with van der Waals surface area (Å²) in [5.74, 6) is 0. The lowest BCUT2D eigenvalue weighted by Gasteiger charge is -2.25. The number of azo groups is 1. The van der Waals surface area contributed by atoms with Crippen molar-refractivity contribution >= 4 is 27.7 Å². The Hall–Kier alpha value is -2.78. The molecule has 0 amide bonds. The second kappa shape index (κ2) is 13.6. The van der Waals surface area contributed by atoms with Gasteiger partial charge in [0.15, 0.2) is 5.00 Å². The van der Waals surface area contributed by atoms with E-state index in [4.69, 9.17) is 9.47 Å². The standard InChI is InChI=1S/C24H31N5O2S/c1-5-11-30-13-9-29(10-14-31-12-6-2)20-7-8-22(18(3)15-20)27-28-24-21(16-25)19(4)23(17-26)32-24/h7-8,15H,5-6,9-14H2,1-4H3. The number of aryl methyl sites for hydroxylation is 1. The van der Waals surface area contributed by atoms with Crippen LogP contribution in [0.4, 0.5) is 16.4 Å². The Balaban J connectivity index is 2.17. The summed E-state index contributed by atoms with van der Waals surface area (Å²) < 4.78 is 11.4. The van der Waals surface area contributed by atoms with Gasteiger partial charge in [-0.05, 0) is 56.0 Å². The lowest BCUT2D eigenvalue weighted by atomic mass is 10.1. The Morgan fingerprint density at radius 2 is 1.59 bits per heavy atom. The number of rotatable bonds is 13. The van der Waals surface area contributed by atoms with E-state index in [1.807, 2.05) is 19.1 Å². The molecule has 0 aliphatic rings. The van der Waals surface area contributed by atoms with Gasteiger partial charge in [0.05, 0.1) is 24.5 Å². The third-order valence-electron chi connectivity index (χ3n) is 4.84. The van der Waals surface area contributed by atoms with Crippen molar-refractivity contribution in [1.29, 1.82) is 10.5 Å². The van der Waals surface area contributed by atoms with Gasteiger partial charge in [0.25, 0.3) is 0 Å². The molecule has 32 heavy (non-hydrogen) atoms. The van der Waals surface area contributed by atoms with Gasteiger partial charge in [-0.3, -0.25) is 0 Å². The predicted molar refractivity (Wildman–Crippen MR) is 128 cm³/mol. The molecular weight excluding hydrogens is 422 g/mol. The first kappa shape index (κ1) is 25.5. The van der Waals surface area contributed by atoms with Gasteiger partial charge in [0, 0.05) is 32.0 Å². The molecule has 0 aliphatic carbocycles. The Bertz CT molecular complexity index is 975. The highest BCUT2D eigenvalue weighted by Crippen LogP contribution is 2.36. The fraction of sp³-hybridized carbons (Fsp3) is 0.500. The summed E-state index contributed by atoms with van der Waals surface area (Å²) in [5, 5.41) is 27.7. The average molecular weight is 454 g/mol. The van der Waals surface area contributed by atoms with Crippen LogP contribution >= 0.6 is 11.3 Å². The lowest BCUT2D eigenvalue weighted by molar-refractivity contribution is 0.129. The van der Waals surface area contributed by atoms with Crippen LogP contribution in [0.3, 0.4) is 0 Å². The molecule has 170 valence electrons. The molecule has 7 nitrogen and oxygen atoms in total. The summed E-state index contributed by atoms with van der Waals surface area (Å²) >= 11 is 1.19. The molecule has 0 N–H and O–H groups in total. The van der Waals surface area contributed by atoms with Crippen molar-refractivity contribution in [3.05, 3.63) is 39.8 Å². The van der Waals surface area contributed by atoms with E-state index in [1.165, 1.54) is 11.3 Å². The van der Waals surface area contributed by atoms with Crippen LogP contribution in [-0.4, -0.2) is 39.5 Å². The largest absolute Gasteiger partial charge is 0.380 e. The third-order valence-corrected chi connectivity index (χ3v) is 5.92. The number of hydrogen-bond acceptors (Lipinski definition) is 8. The van der Waals surface area contributed by atoms with Crippen molar-refractivity contribution in [3.8, 4) is 12.1 Å². The summed E-state index contributed by atoms with van der Waals surface area (Å²) in [6, 6.07) is 10.3. The van der Waals surface area contributed by atoms with Gasteiger partial charge in [-0.25, -0.2) is 0 Å². The van der Waals surface area contributed by atoms with Crippen LogP contribution in [0.5, 0.6) is 0 Å². The van der Waals surface area contributed by atoms with Crippen molar-refractivity contribution in [2.75, 3.05) is 44.4 Å². The zero-order chi connectivity index (χ0) is 23.3. The summed E-state index contributed by atoms with van der Waals surface area (Å²) in [6.45, 7) is 12.4. The fourth-order valence-electron chi connectivity index (χ4n) is 3.07. The number of nitrogens with zero attached hydrogens (tertiary/aromatic N) is 5. The minimum absolute atomic E-state index is 0.412. The average Bonchev–Trinajstić information content (AvgIpc) is 3.11. The van der Waals surface area contributed by atoms with E-state index in [2.05, 4.69) is 47.2 Å². The van der Waals surface area contributed by atoms with Gasteiger partial charge in [0.1, 0.15) is 17.0 Å². The van der Waals surface area contributed by atoms with Crippen molar-refractivity contribution < 1.29 is 9.47 Å². The Kier molecular flexibility index (Phi) is 10.8. The second-order valence-corrected chi connectivity index (χ2v) is 8.34. The molecular formula is C24H31N5O2S. The minimum atomic E-state index is 0.412. The number of ether oxygens (including phenoxy) is 2. The van der Waals surface area contributed by atoms with E-state index >= 15 is 0 Å². The zero-order valence-electron chi connectivity index (χ0n) is 19.3. The van der Waals surface area contributed by atoms with E-state index in [0.29, 0.717) is 34.2 Å². The minimum Gasteiger partial charge on any atom is -0.380 e. The summed E-state index contributed by atoms with van der Waals surface area (Å²) in [7, 11) is 0. The molecule has 0 radical (unpaired) electrons. The highest BCUT2D eigenvalue weighted by Gasteiger charge is 2.15. The van der Waals surface area contributed by atoms with Crippen LogP contribution in [0.15, 0.2) is 28.4 Å². The normalized spacial score (nSPS) is 10.9. The van der Waals surface area contributed by atoms with Crippen LogP contribution in [0.2, 0.25) is 0 Å². The van der Waals surface area contributed by atoms with Gasteiger partial charge in [-0.2, -0.15) is 10.5 Å². The molecule has 0 atom stereocenters.